The van der Waals surface area contributed by atoms with Crippen LogP contribution in [0.1, 0.15) is 5.56 Å². The first-order chi connectivity index (χ1) is 13.5. The predicted molar refractivity (Wildman–Crippen MR) is 110 cm³/mol. The van der Waals surface area contributed by atoms with Crippen LogP contribution >= 0.6 is 11.6 Å². The lowest BCUT2D eigenvalue weighted by atomic mass is 10.2. The Hall–Kier alpha value is -3.52. The molecule has 0 spiro atoms. The van der Waals surface area contributed by atoms with Crippen LogP contribution in [0.15, 0.2) is 54.9 Å². The summed E-state index contributed by atoms with van der Waals surface area (Å²) in [5.41, 5.74) is 13.1. The molecule has 2 aromatic carbocycles. The number of nitrogens with one attached hydrogen (secondary N) is 3. The molecule has 3 aromatic rings. The van der Waals surface area contributed by atoms with Crippen molar-refractivity contribution < 1.29 is 9.53 Å². The normalized spacial score (nSPS) is 10.2. The van der Waals surface area contributed by atoms with Crippen LogP contribution in [0.5, 0.6) is 5.75 Å². The number of hydrazine groups is 1. The minimum atomic E-state index is -0.387. The maximum atomic E-state index is 11.9. The summed E-state index contributed by atoms with van der Waals surface area (Å²) < 4.78 is 5.37. The Kier molecular flexibility index (Phi) is 6.13. The summed E-state index contributed by atoms with van der Waals surface area (Å²) in [5.74, 6) is 0.854. The molecule has 0 saturated carbocycles. The number of carbonyl (C=O) groups is 1. The van der Waals surface area contributed by atoms with E-state index in [-0.39, 0.29) is 24.0 Å². The molecule has 0 unspecified atom stereocenters. The van der Waals surface area contributed by atoms with Gasteiger partial charge in [0.25, 0.3) is 5.91 Å². The highest BCUT2D eigenvalue weighted by Crippen LogP contribution is 2.29. The Morgan fingerprint density at radius 1 is 1.11 bits per heavy atom. The van der Waals surface area contributed by atoms with Crippen LogP contribution in [0.2, 0.25) is 5.02 Å². The molecule has 0 aliphatic rings. The molecule has 0 aliphatic carbocycles. The number of rotatable bonds is 7. The third-order valence-corrected chi connectivity index (χ3v) is 4.25. The molecule has 0 atom stereocenters. The molecular weight excluding hydrogens is 380 g/mol. The fraction of sp³-hybridized carbons (Fsp3) is 0.105. The van der Waals surface area contributed by atoms with Crippen LogP contribution in [0, 0.1) is 6.92 Å². The molecule has 1 heterocycles. The van der Waals surface area contributed by atoms with Crippen molar-refractivity contribution in [2.24, 2.45) is 0 Å². The first kappa shape index (κ1) is 19.2. The van der Waals surface area contributed by atoms with Crippen molar-refractivity contribution in [3.63, 3.8) is 0 Å². The van der Waals surface area contributed by atoms with E-state index in [4.69, 9.17) is 22.1 Å². The number of para-hydroxylation sites is 1. The first-order valence-electron chi connectivity index (χ1n) is 8.40. The second kappa shape index (κ2) is 8.92. The summed E-state index contributed by atoms with van der Waals surface area (Å²) >= 11 is 6.13. The largest absolute Gasteiger partial charge is 0.484 e. The van der Waals surface area contributed by atoms with Gasteiger partial charge in [-0.15, -0.1) is 0 Å². The average Bonchev–Trinajstić information content (AvgIpc) is 2.71. The van der Waals surface area contributed by atoms with Gasteiger partial charge < -0.3 is 15.8 Å². The number of benzene rings is 2. The molecular formula is C19H19ClN6O2. The molecule has 0 radical (unpaired) electrons. The number of halogens is 1. The number of anilines is 4. The Morgan fingerprint density at radius 3 is 2.64 bits per heavy atom. The van der Waals surface area contributed by atoms with Gasteiger partial charge in [0, 0.05) is 10.7 Å². The molecule has 0 bridgehead atoms. The number of ether oxygens (including phenoxy) is 1. The van der Waals surface area contributed by atoms with Gasteiger partial charge >= 0.3 is 0 Å². The highest BCUT2D eigenvalue weighted by molar-refractivity contribution is 6.31. The third kappa shape index (κ3) is 4.80. The molecule has 1 amide bonds. The number of amides is 1. The number of carbonyl (C=O) groups excluding carboxylic acids is 1. The second-order valence-corrected chi connectivity index (χ2v) is 6.20. The van der Waals surface area contributed by atoms with Gasteiger partial charge in [0.1, 0.15) is 17.8 Å². The van der Waals surface area contributed by atoms with E-state index in [1.54, 1.807) is 18.2 Å². The maximum absolute atomic E-state index is 11.9. The highest BCUT2D eigenvalue weighted by atomic mass is 35.5. The minimum absolute atomic E-state index is 0.158. The van der Waals surface area contributed by atoms with Crippen LogP contribution < -0.4 is 26.6 Å². The van der Waals surface area contributed by atoms with E-state index < -0.39 is 0 Å². The van der Waals surface area contributed by atoms with Crippen LogP contribution in [0.25, 0.3) is 0 Å². The van der Waals surface area contributed by atoms with E-state index in [1.165, 1.54) is 6.33 Å². The summed E-state index contributed by atoms with van der Waals surface area (Å²) in [4.78, 5) is 20.1. The average molecular weight is 399 g/mol. The molecule has 5 N–H and O–H groups in total. The van der Waals surface area contributed by atoms with Crippen molar-refractivity contribution in [2.45, 2.75) is 6.92 Å². The molecule has 0 saturated heterocycles. The SMILES string of the molecule is Cc1c(Cl)cccc1Nc1ncnc(NNC(=O)COc2ccccc2)c1N. The Balaban J connectivity index is 1.61. The van der Waals surface area contributed by atoms with Crippen LogP contribution in [0.3, 0.4) is 0 Å². The van der Waals surface area contributed by atoms with Gasteiger partial charge in [-0.3, -0.25) is 15.6 Å². The predicted octanol–water partition coefficient (Wildman–Crippen LogP) is 3.29. The fourth-order valence-corrected chi connectivity index (χ4v) is 2.47. The number of aromatic nitrogens is 2. The Morgan fingerprint density at radius 2 is 1.86 bits per heavy atom. The monoisotopic (exact) mass is 398 g/mol. The van der Waals surface area contributed by atoms with Crippen LogP contribution in [-0.4, -0.2) is 22.5 Å². The summed E-state index contributed by atoms with van der Waals surface area (Å²) in [6.07, 6.45) is 1.33. The van der Waals surface area contributed by atoms with Crippen molar-refractivity contribution in [3.8, 4) is 5.75 Å². The summed E-state index contributed by atoms with van der Waals surface area (Å²) in [6, 6.07) is 14.5. The molecule has 9 heteroatoms. The molecule has 28 heavy (non-hydrogen) atoms. The van der Waals surface area contributed by atoms with Crippen LogP contribution in [-0.2, 0) is 4.79 Å². The quantitative estimate of drug-likeness (QED) is 0.451. The van der Waals surface area contributed by atoms with Gasteiger partial charge in [0.2, 0.25) is 0 Å². The zero-order valence-corrected chi connectivity index (χ0v) is 15.8. The highest BCUT2D eigenvalue weighted by Gasteiger charge is 2.11. The standard InChI is InChI=1S/C19H19ClN6O2/c1-12-14(20)8-5-9-15(12)24-18-17(21)19(23-11-22-18)26-25-16(27)10-28-13-6-3-2-4-7-13/h2-9,11H,10,21H2,1H3,(H,25,27)(H2,22,23,24,26). The van der Waals surface area contributed by atoms with E-state index in [0.29, 0.717) is 16.6 Å². The molecule has 144 valence electrons. The molecule has 0 aliphatic heterocycles. The second-order valence-electron chi connectivity index (χ2n) is 5.80. The van der Waals surface area contributed by atoms with E-state index in [0.717, 1.165) is 11.3 Å². The van der Waals surface area contributed by atoms with Crippen molar-refractivity contribution >= 4 is 40.5 Å². The van der Waals surface area contributed by atoms with Gasteiger partial charge in [0.15, 0.2) is 18.2 Å². The lowest BCUT2D eigenvalue weighted by Gasteiger charge is -2.14. The van der Waals surface area contributed by atoms with Crippen molar-refractivity contribution in [2.75, 3.05) is 23.1 Å². The maximum Gasteiger partial charge on any atom is 0.276 e. The number of hydrogen-bond acceptors (Lipinski definition) is 7. The first-order valence-corrected chi connectivity index (χ1v) is 8.77. The van der Waals surface area contributed by atoms with Crippen LogP contribution in [0.4, 0.5) is 23.0 Å². The van der Waals surface area contributed by atoms with Gasteiger partial charge in [-0.2, -0.15) is 0 Å². The smallest absolute Gasteiger partial charge is 0.276 e. The summed E-state index contributed by atoms with van der Waals surface area (Å²) in [6.45, 7) is 1.73. The zero-order valence-electron chi connectivity index (χ0n) is 15.1. The number of nitrogen functional groups attached to an aromatic ring is 1. The number of nitrogens with zero attached hydrogens (tertiary/aromatic N) is 2. The molecule has 3 rings (SSSR count). The molecule has 0 fully saturated rings. The Bertz CT molecular complexity index is 968. The third-order valence-electron chi connectivity index (χ3n) is 3.84. The van der Waals surface area contributed by atoms with Gasteiger partial charge in [-0.05, 0) is 36.8 Å². The van der Waals surface area contributed by atoms with Gasteiger partial charge in [0.05, 0.1) is 0 Å². The summed E-state index contributed by atoms with van der Waals surface area (Å²) in [7, 11) is 0. The van der Waals surface area contributed by atoms with Crippen molar-refractivity contribution in [1.29, 1.82) is 0 Å². The fourth-order valence-electron chi connectivity index (χ4n) is 2.30. The van der Waals surface area contributed by atoms with Crippen molar-refractivity contribution in [1.82, 2.24) is 15.4 Å². The van der Waals surface area contributed by atoms with E-state index in [9.17, 15) is 4.79 Å². The van der Waals surface area contributed by atoms with E-state index in [1.807, 2.05) is 37.3 Å². The topological polar surface area (TPSA) is 114 Å². The van der Waals surface area contributed by atoms with E-state index >= 15 is 0 Å². The summed E-state index contributed by atoms with van der Waals surface area (Å²) in [5, 5.41) is 3.74. The molecule has 1 aromatic heterocycles. The van der Waals surface area contributed by atoms with Gasteiger partial charge in [-0.1, -0.05) is 35.9 Å². The lowest BCUT2D eigenvalue weighted by molar-refractivity contribution is -0.122. The number of hydrogen-bond donors (Lipinski definition) is 4. The minimum Gasteiger partial charge on any atom is -0.484 e. The van der Waals surface area contributed by atoms with Gasteiger partial charge in [-0.25, -0.2) is 9.97 Å². The lowest BCUT2D eigenvalue weighted by Crippen LogP contribution is -2.34. The van der Waals surface area contributed by atoms with E-state index in [2.05, 4.69) is 26.1 Å². The van der Waals surface area contributed by atoms with Crippen molar-refractivity contribution in [3.05, 3.63) is 65.4 Å². The zero-order chi connectivity index (χ0) is 19.9. The Labute approximate surface area is 167 Å². The molecule has 8 nitrogen and oxygen atoms in total. The number of nitrogens with two attached hydrogens (primary N) is 1.